The predicted octanol–water partition coefficient (Wildman–Crippen LogP) is 2.76. The highest BCUT2D eigenvalue weighted by Gasteiger charge is 2.49. The van der Waals surface area contributed by atoms with Crippen LogP contribution in [-0.2, 0) is 4.57 Å². The summed E-state index contributed by atoms with van der Waals surface area (Å²) in [5.74, 6) is 0.792. The Morgan fingerprint density at radius 2 is 1.97 bits per heavy atom. The van der Waals surface area contributed by atoms with Gasteiger partial charge >= 0.3 is 5.66 Å². The van der Waals surface area contributed by atoms with E-state index in [1.165, 1.54) is 6.42 Å². The summed E-state index contributed by atoms with van der Waals surface area (Å²) >= 11 is 0. The lowest BCUT2D eigenvalue weighted by atomic mass is 9.93. The minimum atomic E-state index is -2.50. The Hall–Kier alpha value is -3.27. The van der Waals surface area contributed by atoms with Crippen LogP contribution in [-0.4, -0.2) is 75.9 Å². The first kappa shape index (κ1) is 25.4. The number of nitrogens with zero attached hydrogens (tertiary/aromatic N) is 5. The summed E-state index contributed by atoms with van der Waals surface area (Å²) in [4.78, 5) is 25.2. The maximum absolute atomic E-state index is 12.7. The lowest BCUT2D eigenvalue weighted by Gasteiger charge is -2.42. The molecule has 0 bridgehead atoms. The number of para-hydroxylation sites is 1. The molecule has 1 aromatic carbocycles. The molecule has 0 spiro atoms. The SMILES string of the molecule is CP(C)(=O)c1ccccc1Nc1ccnc(NC2=CC=C(N3CCN4CCCC4C3)[C@@](N)([N+](=O)[O-])C2)n1. The Bertz CT molecular complexity index is 1310. The molecule has 1 aliphatic carbocycles. The van der Waals surface area contributed by atoms with E-state index in [0.717, 1.165) is 37.9 Å². The number of benzene rings is 1. The number of nitro groups is 1. The molecule has 2 atom stereocenters. The Balaban J connectivity index is 1.35. The van der Waals surface area contributed by atoms with Gasteiger partial charge in [-0.2, -0.15) is 4.98 Å². The summed E-state index contributed by atoms with van der Waals surface area (Å²) in [5.41, 5.74) is 6.54. The average molecular weight is 525 g/mol. The quantitative estimate of drug-likeness (QED) is 0.214. The second-order valence-corrected chi connectivity index (χ2v) is 13.4. The second-order valence-electron chi connectivity index (χ2n) is 10.3. The average Bonchev–Trinajstić information content (AvgIpc) is 3.32. The van der Waals surface area contributed by atoms with Crippen molar-refractivity contribution in [1.29, 1.82) is 0 Å². The van der Waals surface area contributed by atoms with Gasteiger partial charge < -0.3 is 20.1 Å². The van der Waals surface area contributed by atoms with E-state index >= 15 is 0 Å². The van der Waals surface area contributed by atoms with E-state index in [2.05, 4.69) is 30.4 Å². The van der Waals surface area contributed by atoms with Gasteiger partial charge in [0.15, 0.2) is 0 Å². The predicted molar refractivity (Wildman–Crippen MR) is 145 cm³/mol. The van der Waals surface area contributed by atoms with Gasteiger partial charge in [0.05, 0.1) is 12.1 Å². The van der Waals surface area contributed by atoms with Crippen LogP contribution < -0.4 is 21.7 Å². The Kier molecular flexibility index (Phi) is 6.78. The van der Waals surface area contributed by atoms with Crippen LogP contribution >= 0.6 is 7.14 Å². The number of hydrogen-bond donors (Lipinski definition) is 3. The van der Waals surface area contributed by atoms with Crippen molar-refractivity contribution in [3.63, 3.8) is 0 Å². The molecule has 0 amide bonds. The van der Waals surface area contributed by atoms with Crippen molar-refractivity contribution >= 4 is 29.9 Å². The molecule has 0 saturated carbocycles. The minimum Gasteiger partial charge on any atom is -0.365 e. The largest absolute Gasteiger partial charge is 0.365 e. The lowest BCUT2D eigenvalue weighted by molar-refractivity contribution is -0.560. The number of fused-ring (bicyclic) bond motifs is 1. The highest BCUT2D eigenvalue weighted by atomic mass is 31.2. The fourth-order valence-electron chi connectivity index (χ4n) is 5.42. The van der Waals surface area contributed by atoms with Crippen LogP contribution in [0.3, 0.4) is 0 Å². The lowest BCUT2D eigenvalue weighted by Crippen LogP contribution is -2.59. The maximum atomic E-state index is 12.7. The van der Waals surface area contributed by atoms with E-state index in [-0.39, 0.29) is 12.4 Å². The molecular weight excluding hydrogens is 491 g/mol. The van der Waals surface area contributed by atoms with Gasteiger partial charge in [-0.3, -0.25) is 20.7 Å². The highest BCUT2D eigenvalue weighted by Crippen LogP contribution is 2.38. The van der Waals surface area contributed by atoms with E-state index in [9.17, 15) is 14.7 Å². The Labute approximate surface area is 216 Å². The van der Waals surface area contributed by atoms with Gasteiger partial charge in [-0.1, -0.05) is 12.1 Å². The van der Waals surface area contributed by atoms with Crippen molar-refractivity contribution in [2.75, 3.05) is 50.1 Å². The summed E-state index contributed by atoms with van der Waals surface area (Å²) in [7, 11) is -2.50. The molecule has 2 aromatic rings. The summed E-state index contributed by atoms with van der Waals surface area (Å²) in [6, 6.07) is 9.54. The molecule has 3 heterocycles. The zero-order chi connectivity index (χ0) is 26.2. The molecule has 196 valence electrons. The molecule has 1 unspecified atom stereocenters. The molecule has 2 saturated heterocycles. The molecule has 5 rings (SSSR count). The van der Waals surface area contributed by atoms with Gasteiger partial charge in [0.1, 0.15) is 18.7 Å². The van der Waals surface area contributed by atoms with Crippen LogP contribution in [0.1, 0.15) is 19.3 Å². The van der Waals surface area contributed by atoms with Crippen molar-refractivity contribution in [2.45, 2.75) is 31.0 Å². The van der Waals surface area contributed by atoms with E-state index in [4.69, 9.17) is 5.73 Å². The summed E-state index contributed by atoms with van der Waals surface area (Å²) in [6.07, 6.45) is 7.46. The first-order chi connectivity index (χ1) is 17.6. The molecule has 2 aliphatic heterocycles. The fourth-order valence-corrected chi connectivity index (χ4v) is 6.57. The number of hydrogen-bond acceptors (Lipinski definition) is 10. The molecular formula is C25H33N8O3P. The third kappa shape index (κ3) is 5.25. The molecule has 1 aromatic heterocycles. The number of anilines is 3. The van der Waals surface area contributed by atoms with Crippen LogP contribution in [0, 0.1) is 10.1 Å². The van der Waals surface area contributed by atoms with Crippen molar-refractivity contribution in [2.24, 2.45) is 5.73 Å². The van der Waals surface area contributed by atoms with Crippen LogP contribution in [0.5, 0.6) is 0 Å². The molecule has 37 heavy (non-hydrogen) atoms. The number of aromatic nitrogens is 2. The van der Waals surface area contributed by atoms with Gasteiger partial charge in [-0.05, 0) is 63.1 Å². The topological polar surface area (TPSA) is 143 Å². The van der Waals surface area contributed by atoms with Crippen LogP contribution in [0.15, 0.2) is 60.1 Å². The van der Waals surface area contributed by atoms with E-state index in [0.29, 0.717) is 28.9 Å². The zero-order valence-corrected chi connectivity index (χ0v) is 22.0. The smallest absolute Gasteiger partial charge is 0.318 e. The van der Waals surface area contributed by atoms with Gasteiger partial charge in [0, 0.05) is 47.8 Å². The monoisotopic (exact) mass is 524 g/mol. The van der Waals surface area contributed by atoms with Gasteiger partial charge in [-0.15, -0.1) is 0 Å². The van der Waals surface area contributed by atoms with Gasteiger partial charge in [-0.25, -0.2) is 4.98 Å². The molecule has 4 N–H and O–H groups in total. The Morgan fingerprint density at radius 3 is 2.76 bits per heavy atom. The molecule has 2 fully saturated rings. The zero-order valence-electron chi connectivity index (χ0n) is 21.1. The van der Waals surface area contributed by atoms with Crippen molar-refractivity contribution in [3.05, 3.63) is 70.2 Å². The van der Waals surface area contributed by atoms with Gasteiger partial charge in [0.2, 0.25) is 5.95 Å². The third-order valence-electron chi connectivity index (χ3n) is 7.27. The van der Waals surface area contributed by atoms with Gasteiger partial charge in [0.25, 0.3) is 0 Å². The summed E-state index contributed by atoms with van der Waals surface area (Å²) in [5, 5.41) is 19.3. The number of rotatable bonds is 7. The van der Waals surface area contributed by atoms with Crippen molar-refractivity contribution in [1.82, 2.24) is 19.8 Å². The molecule has 3 aliphatic rings. The third-order valence-corrected chi connectivity index (χ3v) is 8.82. The number of piperazine rings is 1. The maximum Gasteiger partial charge on any atom is 0.318 e. The molecule has 11 nitrogen and oxygen atoms in total. The first-order valence-electron chi connectivity index (χ1n) is 12.5. The molecule has 12 heteroatoms. The van der Waals surface area contributed by atoms with Crippen molar-refractivity contribution in [3.8, 4) is 0 Å². The summed E-state index contributed by atoms with van der Waals surface area (Å²) in [6.45, 7) is 6.93. The molecule has 0 radical (unpaired) electrons. The summed E-state index contributed by atoms with van der Waals surface area (Å²) < 4.78 is 12.7. The standard InChI is InChI=1S/C25H33N8O3P/c1-37(2,36)21-8-4-3-7-20(21)29-23-11-12-27-24(30-23)28-18-9-10-22(25(26,16-18)33(34)35)32-15-14-31-13-5-6-19(31)17-32/h3-4,7-12,19H,5-6,13-17,26H2,1-2H3,(H2,27,28,29,30)/t19?,25-/m0/s1. The van der Waals surface area contributed by atoms with E-state index < -0.39 is 17.7 Å². The normalized spacial score (nSPS) is 24.2. The van der Waals surface area contributed by atoms with Crippen LogP contribution in [0.2, 0.25) is 0 Å². The fraction of sp³-hybridized carbons (Fsp3) is 0.440. The first-order valence-corrected chi connectivity index (χ1v) is 15.1. The Morgan fingerprint density at radius 1 is 1.16 bits per heavy atom. The van der Waals surface area contributed by atoms with Crippen LogP contribution in [0.25, 0.3) is 0 Å². The second kappa shape index (κ2) is 9.89. The van der Waals surface area contributed by atoms with E-state index in [1.54, 1.807) is 31.7 Å². The number of allylic oxidation sites excluding steroid dienone is 2. The minimum absolute atomic E-state index is 0.00455. The van der Waals surface area contributed by atoms with Crippen LogP contribution in [0.4, 0.5) is 17.5 Å². The van der Waals surface area contributed by atoms with Crippen molar-refractivity contribution < 1.29 is 9.49 Å². The number of nitrogens with one attached hydrogen (secondary N) is 2. The number of nitrogens with two attached hydrogens (primary N) is 1. The highest BCUT2D eigenvalue weighted by molar-refractivity contribution is 7.70. The van der Waals surface area contributed by atoms with E-state index in [1.807, 2.05) is 30.3 Å².